The summed E-state index contributed by atoms with van der Waals surface area (Å²) >= 11 is 0. The van der Waals surface area contributed by atoms with Gasteiger partial charge in [-0.1, -0.05) is 0 Å². The molecule has 0 unspecified atom stereocenters. The molecule has 0 radical (unpaired) electrons. The zero-order valence-electron chi connectivity index (χ0n) is 12.5. The molecule has 1 fully saturated rings. The van der Waals surface area contributed by atoms with Crippen LogP contribution in [-0.2, 0) is 9.47 Å². The molecule has 2 rings (SSSR count). The first-order valence-electron chi connectivity index (χ1n) is 6.95. The van der Waals surface area contributed by atoms with Crippen LogP contribution in [0.1, 0.15) is 12.8 Å². The van der Waals surface area contributed by atoms with Crippen LogP contribution >= 0.6 is 0 Å². The molecule has 1 aromatic rings. The minimum absolute atomic E-state index is 0.000907. The number of ether oxygens (including phenoxy) is 3. The molecule has 23 heavy (non-hydrogen) atoms. The summed E-state index contributed by atoms with van der Waals surface area (Å²) in [6, 6.07) is 4.80. The highest BCUT2D eigenvalue weighted by Crippen LogP contribution is 2.20. The molecule has 1 atom stereocenters. The molecule has 0 aliphatic carbocycles. The number of carbonyl (C=O) groups is 2. The standard InChI is InChI=1S/C14H16N2O7/c1-21-13(17)15-8-2-3-11(15)9-22-14(18)23-12-6-4-10(5-7-12)16(19)20/h4-7,11H,2-3,8-9H2,1H3/t11-/m0/s1. The molecule has 124 valence electrons. The number of hydrogen-bond acceptors (Lipinski definition) is 7. The lowest BCUT2D eigenvalue weighted by molar-refractivity contribution is -0.384. The average Bonchev–Trinajstić information content (AvgIpc) is 3.01. The Hall–Kier alpha value is -2.84. The number of likely N-dealkylation sites (tertiary alicyclic amines) is 1. The Kier molecular flexibility index (Phi) is 5.34. The maximum atomic E-state index is 11.6. The molecule has 0 spiro atoms. The molecule has 1 aliphatic heterocycles. The van der Waals surface area contributed by atoms with Crippen molar-refractivity contribution in [3.63, 3.8) is 0 Å². The van der Waals surface area contributed by atoms with E-state index in [0.717, 1.165) is 6.42 Å². The normalized spacial score (nSPS) is 16.7. The SMILES string of the molecule is COC(=O)N1CCC[C@H]1COC(=O)Oc1ccc([N+](=O)[O-])cc1. The van der Waals surface area contributed by atoms with Crippen molar-refractivity contribution < 1.29 is 28.7 Å². The van der Waals surface area contributed by atoms with Crippen molar-refractivity contribution in [2.24, 2.45) is 0 Å². The van der Waals surface area contributed by atoms with E-state index in [1.165, 1.54) is 36.3 Å². The van der Waals surface area contributed by atoms with Crippen molar-refractivity contribution >= 4 is 17.9 Å². The zero-order valence-corrected chi connectivity index (χ0v) is 12.5. The number of nitrogens with zero attached hydrogens (tertiary/aromatic N) is 2. The van der Waals surface area contributed by atoms with Gasteiger partial charge in [0.2, 0.25) is 0 Å². The summed E-state index contributed by atoms with van der Waals surface area (Å²) in [5, 5.41) is 10.5. The minimum Gasteiger partial charge on any atom is -0.453 e. The van der Waals surface area contributed by atoms with Gasteiger partial charge in [-0.05, 0) is 25.0 Å². The third-order valence-electron chi connectivity index (χ3n) is 3.43. The molecular weight excluding hydrogens is 308 g/mol. The van der Waals surface area contributed by atoms with Crippen LogP contribution in [0.3, 0.4) is 0 Å². The highest BCUT2D eigenvalue weighted by molar-refractivity contribution is 5.68. The van der Waals surface area contributed by atoms with Gasteiger partial charge in [-0.3, -0.25) is 10.1 Å². The molecule has 9 nitrogen and oxygen atoms in total. The first-order valence-corrected chi connectivity index (χ1v) is 6.95. The van der Waals surface area contributed by atoms with Crippen molar-refractivity contribution in [1.82, 2.24) is 4.90 Å². The molecule has 0 bridgehead atoms. The van der Waals surface area contributed by atoms with E-state index < -0.39 is 17.2 Å². The van der Waals surface area contributed by atoms with E-state index in [0.29, 0.717) is 13.0 Å². The summed E-state index contributed by atoms with van der Waals surface area (Å²) in [5.41, 5.74) is -0.106. The maximum Gasteiger partial charge on any atom is 0.513 e. The Morgan fingerprint density at radius 1 is 1.35 bits per heavy atom. The molecule has 0 N–H and O–H groups in total. The van der Waals surface area contributed by atoms with Gasteiger partial charge in [0.25, 0.3) is 5.69 Å². The van der Waals surface area contributed by atoms with E-state index in [1.807, 2.05) is 0 Å². The second-order valence-electron chi connectivity index (χ2n) is 4.87. The lowest BCUT2D eigenvalue weighted by Crippen LogP contribution is -2.38. The van der Waals surface area contributed by atoms with Gasteiger partial charge in [0.15, 0.2) is 0 Å². The van der Waals surface area contributed by atoms with Crippen molar-refractivity contribution in [2.75, 3.05) is 20.3 Å². The summed E-state index contributed by atoms with van der Waals surface area (Å²) in [4.78, 5) is 34.6. The molecule has 1 saturated heterocycles. The predicted molar refractivity (Wildman–Crippen MR) is 77.2 cm³/mol. The van der Waals surface area contributed by atoms with Crippen LogP contribution in [0.4, 0.5) is 15.3 Å². The second kappa shape index (κ2) is 7.43. The summed E-state index contributed by atoms with van der Waals surface area (Å²) in [6.45, 7) is 0.555. The molecule has 1 aliphatic rings. The first-order chi connectivity index (χ1) is 11.0. The predicted octanol–water partition coefficient (Wildman–Crippen LogP) is 2.34. The van der Waals surface area contributed by atoms with Crippen LogP contribution in [0.15, 0.2) is 24.3 Å². The third kappa shape index (κ3) is 4.31. The fraction of sp³-hybridized carbons (Fsp3) is 0.429. The van der Waals surface area contributed by atoms with Crippen molar-refractivity contribution in [2.45, 2.75) is 18.9 Å². The van der Waals surface area contributed by atoms with Crippen LogP contribution < -0.4 is 4.74 Å². The summed E-state index contributed by atoms with van der Waals surface area (Å²) < 4.78 is 14.6. The molecular formula is C14H16N2O7. The van der Waals surface area contributed by atoms with E-state index in [2.05, 4.69) is 4.74 Å². The molecule has 9 heteroatoms. The number of nitro benzene ring substituents is 1. The summed E-state index contributed by atoms with van der Waals surface area (Å²) in [5.74, 6) is 0.136. The number of nitro groups is 1. The Bertz CT molecular complexity index is 587. The number of methoxy groups -OCH3 is 1. The maximum absolute atomic E-state index is 11.6. The topological polar surface area (TPSA) is 108 Å². The third-order valence-corrected chi connectivity index (χ3v) is 3.43. The van der Waals surface area contributed by atoms with Crippen LogP contribution in [0.2, 0.25) is 0 Å². The summed E-state index contributed by atoms with van der Waals surface area (Å²) in [6.07, 6.45) is 0.121. The quantitative estimate of drug-likeness (QED) is 0.362. The smallest absolute Gasteiger partial charge is 0.453 e. The molecule has 1 amide bonds. The van der Waals surface area contributed by atoms with Gasteiger partial charge < -0.3 is 19.1 Å². The van der Waals surface area contributed by atoms with Crippen LogP contribution in [-0.4, -0.2) is 48.4 Å². The van der Waals surface area contributed by atoms with Gasteiger partial charge >= 0.3 is 12.2 Å². The van der Waals surface area contributed by atoms with Crippen molar-refractivity contribution in [3.05, 3.63) is 34.4 Å². The Morgan fingerprint density at radius 2 is 2.04 bits per heavy atom. The first kappa shape index (κ1) is 16.5. The van der Waals surface area contributed by atoms with E-state index in [9.17, 15) is 19.7 Å². The monoisotopic (exact) mass is 324 g/mol. The number of rotatable bonds is 4. The van der Waals surface area contributed by atoms with Gasteiger partial charge in [-0.25, -0.2) is 9.59 Å². The molecule has 0 aromatic heterocycles. The number of amides is 1. The van der Waals surface area contributed by atoms with Gasteiger partial charge in [0, 0.05) is 18.7 Å². The molecule has 0 saturated carbocycles. The van der Waals surface area contributed by atoms with E-state index in [-0.39, 0.29) is 24.1 Å². The number of benzene rings is 1. The summed E-state index contributed by atoms with van der Waals surface area (Å²) in [7, 11) is 1.29. The minimum atomic E-state index is -0.935. The van der Waals surface area contributed by atoms with Gasteiger partial charge in [-0.15, -0.1) is 0 Å². The van der Waals surface area contributed by atoms with Crippen LogP contribution in [0.5, 0.6) is 5.75 Å². The van der Waals surface area contributed by atoms with Gasteiger partial charge in [-0.2, -0.15) is 0 Å². The highest BCUT2D eigenvalue weighted by atomic mass is 16.7. The lowest BCUT2D eigenvalue weighted by atomic mass is 10.2. The van der Waals surface area contributed by atoms with E-state index in [4.69, 9.17) is 9.47 Å². The molecule has 1 aromatic carbocycles. The number of carbonyl (C=O) groups excluding carboxylic acids is 2. The molecule has 1 heterocycles. The zero-order chi connectivity index (χ0) is 16.8. The largest absolute Gasteiger partial charge is 0.513 e. The number of non-ortho nitro benzene ring substituents is 1. The average molecular weight is 324 g/mol. The van der Waals surface area contributed by atoms with Crippen LogP contribution in [0, 0.1) is 10.1 Å². The van der Waals surface area contributed by atoms with Gasteiger partial charge in [0.05, 0.1) is 18.1 Å². The Morgan fingerprint density at radius 3 is 2.65 bits per heavy atom. The second-order valence-corrected chi connectivity index (χ2v) is 4.87. The fourth-order valence-corrected chi connectivity index (χ4v) is 2.29. The Labute approximate surface area is 131 Å². The van der Waals surface area contributed by atoms with Crippen molar-refractivity contribution in [3.8, 4) is 5.75 Å². The number of hydrogen-bond donors (Lipinski definition) is 0. The lowest BCUT2D eigenvalue weighted by Gasteiger charge is -2.22. The van der Waals surface area contributed by atoms with E-state index in [1.54, 1.807) is 0 Å². The highest BCUT2D eigenvalue weighted by Gasteiger charge is 2.30. The van der Waals surface area contributed by atoms with Crippen molar-refractivity contribution in [1.29, 1.82) is 0 Å². The van der Waals surface area contributed by atoms with Gasteiger partial charge in [0.1, 0.15) is 12.4 Å². The van der Waals surface area contributed by atoms with E-state index >= 15 is 0 Å². The Balaban J connectivity index is 1.83. The fourth-order valence-electron chi connectivity index (χ4n) is 2.29. The van der Waals surface area contributed by atoms with Crippen LogP contribution in [0.25, 0.3) is 0 Å².